The lowest BCUT2D eigenvalue weighted by Crippen LogP contribution is -2.30. The maximum atomic E-state index is 6.08. The molecule has 1 unspecified atom stereocenters. The van der Waals surface area contributed by atoms with Gasteiger partial charge in [0.05, 0.1) is 16.9 Å². The molecule has 0 N–H and O–H groups in total. The summed E-state index contributed by atoms with van der Waals surface area (Å²) in [7, 11) is 0. The Bertz CT molecular complexity index is 578. The molecule has 0 saturated carbocycles. The van der Waals surface area contributed by atoms with E-state index in [0.717, 1.165) is 41.0 Å². The van der Waals surface area contributed by atoms with Crippen LogP contribution in [-0.2, 0) is 5.88 Å². The molecule has 1 atom stereocenters. The predicted molar refractivity (Wildman–Crippen MR) is 89.5 cm³/mol. The normalized spacial score (nSPS) is 13.3. The highest BCUT2D eigenvalue weighted by molar-refractivity contribution is 9.10. The quantitative estimate of drug-likeness (QED) is 0.712. The molecule has 0 amide bonds. The number of hydrogen-bond donors (Lipinski definition) is 0. The number of alkyl halides is 1. The second-order valence-electron chi connectivity index (χ2n) is 5.00. The summed E-state index contributed by atoms with van der Waals surface area (Å²) in [5.74, 6) is 1.38. The van der Waals surface area contributed by atoms with E-state index < -0.39 is 0 Å². The molecule has 1 heterocycles. The van der Waals surface area contributed by atoms with E-state index >= 15 is 0 Å². The predicted octanol–water partition coefficient (Wildman–Crippen LogP) is 4.44. The summed E-state index contributed by atoms with van der Waals surface area (Å²) in [6.07, 6.45) is 0. The van der Waals surface area contributed by atoms with Gasteiger partial charge in [0.25, 0.3) is 0 Å². The van der Waals surface area contributed by atoms with Crippen LogP contribution in [0.1, 0.15) is 32.6 Å². The third-order valence-corrected chi connectivity index (χ3v) is 4.43. The minimum Gasteiger partial charge on any atom is -0.323 e. The first-order valence-corrected chi connectivity index (χ1v) is 8.38. The van der Waals surface area contributed by atoms with E-state index in [-0.39, 0.29) is 0 Å². The van der Waals surface area contributed by atoms with Crippen molar-refractivity contribution in [2.24, 2.45) is 0 Å². The van der Waals surface area contributed by atoms with Crippen LogP contribution in [0.15, 0.2) is 22.7 Å². The van der Waals surface area contributed by atoms with Crippen molar-refractivity contribution in [1.29, 1.82) is 0 Å². The Hall–Kier alpha value is -0.580. The summed E-state index contributed by atoms with van der Waals surface area (Å²) >= 11 is 9.58. The van der Waals surface area contributed by atoms with E-state index in [2.05, 4.69) is 63.3 Å². The van der Waals surface area contributed by atoms with E-state index in [9.17, 15) is 0 Å². The summed E-state index contributed by atoms with van der Waals surface area (Å²) in [6.45, 7) is 9.77. The number of benzene rings is 1. The third kappa shape index (κ3) is 3.18. The van der Waals surface area contributed by atoms with Crippen molar-refractivity contribution in [3.05, 3.63) is 28.5 Å². The fourth-order valence-electron chi connectivity index (χ4n) is 2.65. The fourth-order valence-corrected chi connectivity index (χ4v) is 3.18. The molecule has 0 aliphatic carbocycles. The van der Waals surface area contributed by atoms with Gasteiger partial charge in [0.15, 0.2) is 0 Å². The van der Waals surface area contributed by atoms with E-state index in [1.165, 1.54) is 0 Å². The van der Waals surface area contributed by atoms with Crippen LogP contribution in [0.4, 0.5) is 0 Å². The summed E-state index contributed by atoms with van der Waals surface area (Å²) < 4.78 is 3.32. The molecular weight excluding hydrogens is 338 g/mol. The zero-order valence-electron chi connectivity index (χ0n) is 12.2. The maximum Gasteiger partial charge on any atom is 0.125 e. The second kappa shape index (κ2) is 6.92. The van der Waals surface area contributed by atoms with Gasteiger partial charge >= 0.3 is 0 Å². The van der Waals surface area contributed by atoms with Gasteiger partial charge in [-0.25, -0.2) is 4.98 Å². The van der Waals surface area contributed by atoms with Crippen molar-refractivity contribution >= 4 is 38.6 Å². The molecule has 0 radical (unpaired) electrons. The molecule has 1 aromatic carbocycles. The van der Waals surface area contributed by atoms with Gasteiger partial charge in [-0.15, -0.1) is 11.6 Å². The van der Waals surface area contributed by atoms with Crippen LogP contribution in [0.3, 0.4) is 0 Å². The van der Waals surface area contributed by atoms with E-state index in [1.807, 2.05) is 6.07 Å². The molecule has 0 fully saturated rings. The molecule has 5 heteroatoms. The van der Waals surface area contributed by atoms with Gasteiger partial charge in [0.2, 0.25) is 0 Å². The molecule has 0 spiro atoms. The number of halogens is 2. The number of aromatic nitrogens is 2. The molecule has 1 aromatic heterocycles. The molecule has 0 bridgehead atoms. The van der Waals surface area contributed by atoms with Crippen LogP contribution in [0.5, 0.6) is 0 Å². The standard InChI is InChI=1S/C15H21BrClN3/c1-4-19(5-2)10-11(3)20-14-7-6-12(16)8-13(14)18-15(20)9-17/h6-8,11H,4-5,9-10H2,1-3H3. The Morgan fingerprint density at radius 2 is 2.05 bits per heavy atom. The molecule has 0 saturated heterocycles. The zero-order valence-corrected chi connectivity index (χ0v) is 14.6. The van der Waals surface area contributed by atoms with Crippen LogP contribution >= 0.6 is 27.5 Å². The topological polar surface area (TPSA) is 21.1 Å². The SMILES string of the molecule is CCN(CC)CC(C)n1c(CCl)nc2cc(Br)ccc21. The van der Waals surface area contributed by atoms with Crippen molar-refractivity contribution < 1.29 is 0 Å². The Labute approximate surface area is 134 Å². The van der Waals surface area contributed by atoms with Crippen molar-refractivity contribution in [2.75, 3.05) is 19.6 Å². The van der Waals surface area contributed by atoms with Gasteiger partial charge in [-0.05, 0) is 38.2 Å². The Kier molecular flexibility index (Phi) is 5.47. The van der Waals surface area contributed by atoms with Crippen LogP contribution in [0, 0.1) is 0 Å². The second-order valence-corrected chi connectivity index (χ2v) is 6.18. The van der Waals surface area contributed by atoms with Gasteiger partial charge in [-0.3, -0.25) is 0 Å². The zero-order chi connectivity index (χ0) is 14.7. The summed E-state index contributed by atoms with van der Waals surface area (Å²) in [4.78, 5) is 7.08. The molecule has 2 aromatic rings. The van der Waals surface area contributed by atoms with Gasteiger partial charge in [0.1, 0.15) is 5.82 Å². The molecule has 2 rings (SSSR count). The highest BCUT2D eigenvalue weighted by Gasteiger charge is 2.17. The Morgan fingerprint density at radius 1 is 1.35 bits per heavy atom. The fraction of sp³-hybridized carbons (Fsp3) is 0.533. The summed E-state index contributed by atoms with van der Waals surface area (Å²) in [5, 5.41) is 0. The van der Waals surface area contributed by atoms with Crippen molar-refractivity contribution in [1.82, 2.24) is 14.5 Å². The van der Waals surface area contributed by atoms with Crippen molar-refractivity contribution in [3.63, 3.8) is 0 Å². The number of imidazole rings is 1. The van der Waals surface area contributed by atoms with Crippen molar-refractivity contribution in [3.8, 4) is 0 Å². The van der Waals surface area contributed by atoms with E-state index in [4.69, 9.17) is 11.6 Å². The lowest BCUT2D eigenvalue weighted by Gasteiger charge is -2.25. The average molecular weight is 359 g/mol. The smallest absolute Gasteiger partial charge is 0.125 e. The minimum absolute atomic E-state index is 0.356. The van der Waals surface area contributed by atoms with Crippen molar-refractivity contribution in [2.45, 2.75) is 32.7 Å². The van der Waals surface area contributed by atoms with E-state index in [0.29, 0.717) is 11.9 Å². The molecule has 0 aliphatic rings. The lowest BCUT2D eigenvalue weighted by molar-refractivity contribution is 0.261. The number of fused-ring (bicyclic) bond motifs is 1. The first-order valence-electron chi connectivity index (χ1n) is 7.05. The lowest BCUT2D eigenvalue weighted by atomic mass is 10.2. The summed E-state index contributed by atoms with van der Waals surface area (Å²) in [5.41, 5.74) is 2.16. The van der Waals surface area contributed by atoms with Crippen LogP contribution in [0.2, 0.25) is 0 Å². The number of likely N-dealkylation sites (N-methyl/N-ethyl adjacent to an activating group) is 1. The molecule has 110 valence electrons. The van der Waals surface area contributed by atoms with Crippen LogP contribution in [0.25, 0.3) is 11.0 Å². The monoisotopic (exact) mass is 357 g/mol. The molecule has 0 aliphatic heterocycles. The first kappa shape index (κ1) is 15.8. The third-order valence-electron chi connectivity index (χ3n) is 3.70. The maximum absolute atomic E-state index is 6.08. The molecular formula is C15H21BrClN3. The Morgan fingerprint density at radius 3 is 2.65 bits per heavy atom. The highest BCUT2D eigenvalue weighted by atomic mass is 79.9. The Balaban J connectivity index is 2.41. The number of nitrogens with zero attached hydrogens (tertiary/aromatic N) is 3. The highest BCUT2D eigenvalue weighted by Crippen LogP contribution is 2.25. The van der Waals surface area contributed by atoms with E-state index in [1.54, 1.807) is 0 Å². The average Bonchev–Trinajstić information content (AvgIpc) is 2.81. The first-order chi connectivity index (χ1) is 9.60. The molecule has 20 heavy (non-hydrogen) atoms. The van der Waals surface area contributed by atoms with Crippen LogP contribution in [-0.4, -0.2) is 34.1 Å². The van der Waals surface area contributed by atoms with Gasteiger partial charge < -0.3 is 9.47 Å². The number of hydrogen-bond acceptors (Lipinski definition) is 2. The minimum atomic E-state index is 0.356. The number of rotatable bonds is 6. The van der Waals surface area contributed by atoms with Gasteiger partial charge in [-0.1, -0.05) is 29.8 Å². The van der Waals surface area contributed by atoms with Gasteiger partial charge in [0, 0.05) is 17.1 Å². The molecule has 3 nitrogen and oxygen atoms in total. The van der Waals surface area contributed by atoms with Gasteiger partial charge in [-0.2, -0.15) is 0 Å². The largest absolute Gasteiger partial charge is 0.323 e. The van der Waals surface area contributed by atoms with Crippen LogP contribution < -0.4 is 0 Å². The summed E-state index contributed by atoms with van der Waals surface area (Å²) in [6, 6.07) is 6.57.